The number of nitrogens with zero attached hydrogens (tertiary/aromatic N) is 2. The summed E-state index contributed by atoms with van der Waals surface area (Å²) in [6.07, 6.45) is 2.17. The lowest BCUT2D eigenvalue weighted by molar-refractivity contribution is 0.405. The zero-order valence-electron chi connectivity index (χ0n) is 15.4. The maximum absolute atomic E-state index is 4.87. The number of fused-ring (bicyclic) bond motifs is 1. The molecule has 25 heavy (non-hydrogen) atoms. The van der Waals surface area contributed by atoms with Crippen LogP contribution in [0.4, 0.5) is 5.69 Å². The Kier molecular flexibility index (Phi) is 5.67. The van der Waals surface area contributed by atoms with Gasteiger partial charge in [-0.1, -0.05) is 49.4 Å². The van der Waals surface area contributed by atoms with Crippen molar-refractivity contribution in [2.45, 2.75) is 19.8 Å². The number of pyridine rings is 1. The first-order valence-corrected chi connectivity index (χ1v) is 9.05. The zero-order chi connectivity index (χ0) is 17.6. The Labute approximate surface area is 150 Å². The van der Waals surface area contributed by atoms with Crippen LogP contribution in [0.25, 0.3) is 22.2 Å². The molecule has 3 heteroatoms. The molecule has 130 valence electrons. The fourth-order valence-electron chi connectivity index (χ4n) is 3.00. The van der Waals surface area contributed by atoms with Crippen LogP contribution in [-0.4, -0.2) is 37.1 Å². The Bertz CT molecular complexity index is 822. The van der Waals surface area contributed by atoms with Gasteiger partial charge in [0.1, 0.15) is 0 Å². The van der Waals surface area contributed by atoms with Crippen molar-refractivity contribution >= 4 is 16.6 Å². The number of aromatic nitrogens is 1. The van der Waals surface area contributed by atoms with E-state index in [0.29, 0.717) is 0 Å². The predicted molar refractivity (Wildman–Crippen MR) is 108 cm³/mol. The van der Waals surface area contributed by atoms with Gasteiger partial charge >= 0.3 is 0 Å². The molecule has 0 spiro atoms. The molecule has 0 atom stereocenters. The van der Waals surface area contributed by atoms with Gasteiger partial charge in [-0.05, 0) is 51.2 Å². The molecular weight excluding hydrogens is 306 g/mol. The quantitative estimate of drug-likeness (QED) is 0.628. The summed E-state index contributed by atoms with van der Waals surface area (Å²) in [7, 11) is 4.22. The highest BCUT2D eigenvalue weighted by Gasteiger charge is 2.07. The van der Waals surface area contributed by atoms with E-state index in [2.05, 4.69) is 85.8 Å². The van der Waals surface area contributed by atoms with Gasteiger partial charge in [0.05, 0.1) is 11.2 Å². The van der Waals surface area contributed by atoms with E-state index >= 15 is 0 Å². The lowest BCUT2D eigenvalue weighted by Gasteiger charge is -2.14. The number of rotatable bonds is 7. The molecule has 0 bridgehead atoms. The van der Waals surface area contributed by atoms with E-state index in [1.807, 2.05) is 0 Å². The number of hydrogen-bond donors (Lipinski definition) is 1. The zero-order valence-corrected chi connectivity index (χ0v) is 15.4. The minimum absolute atomic E-state index is 0.959. The van der Waals surface area contributed by atoms with Gasteiger partial charge in [-0.25, -0.2) is 4.98 Å². The van der Waals surface area contributed by atoms with E-state index in [4.69, 9.17) is 4.98 Å². The Morgan fingerprint density at radius 3 is 2.48 bits per heavy atom. The maximum Gasteiger partial charge on any atom is 0.0730 e. The molecule has 1 heterocycles. The summed E-state index contributed by atoms with van der Waals surface area (Å²) >= 11 is 0. The fourth-order valence-corrected chi connectivity index (χ4v) is 3.00. The molecule has 0 amide bonds. The molecule has 0 aliphatic rings. The molecule has 0 radical (unpaired) electrons. The second-order valence-electron chi connectivity index (χ2n) is 6.71. The first-order valence-electron chi connectivity index (χ1n) is 9.05. The third-order valence-electron chi connectivity index (χ3n) is 4.47. The summed E-state index contributed by atoms with van der Waals surface area (Å²) in [4.78, 5) is 7.09. The molecule has 3 nitrogen and oxygen atoms in total. The van der Waals surface area contributed by atoms with E-state index in [1.165, 1.54) is 22.2 Å². The van der Waals surface area contributed by atoms with Gasteiger partial charge in [-0.3, -0.25) is 0 Å². The average molecular weight is 333 g/mol. The summed E-state index contributed by atoms with van der Waals surface area (Å²) < 4.78 is 0. The standard InChI is InChI=1S/C22H27N3/c1-4-17-10-12-18(13-11-17)21-16-22(23-14-7-15-25(2)3)19-8-5-6-9-20(19)24-21/h5-6,8-13,16H,4,7,14-15H2,1-3H3,(H,23,24). The number of para-hydroxylation sites is 1. The number of benzene rings is 2. The highest BCUT2D eigenvalue weighted by molar-refractivity contribution is 5.93. The van der Waals surface area contributed by atoms with E-state index in [1.54, 1.807) is 0 Å². The van der Waals surface area contributed by atoms with Gasteiger partial charge in [0, 0.05) is 23.2 Å². The highest BCUT2D eigenvalue weighted by atomic mass is 15.1. The Balaban J connectivity index is 1.91. The normalized spacial score (nSPS) is 11.2. The van der Waals surface area contributed by atoms with Gasteiger partial charge in [-0.15, -0.1) is 0 Å². The molecule has 1 N–H and O–H groups in total. The van der Waals surface area contributed by atoms with Crippen molar-refractivity contribution in [3.8, 4) is 11.3 Å². The molecular formula is C22H27N3. The first kappa shape index (κ1) is 17.4. The van der Waals surface area contributed by atoms with E-state index in [0.717, 1.165) is 37.1 Å². The van der Waals surface area contributed by atoms with Crippen LogP contribution >= 0.6 is 0 Å². The third kappa shape index (κ3) is 4.37. The molecule has 0 fully saturated rings. The van der Waals surface area contributed by atoms with Crippen molar-refractivity contribution in [3.63, 3.8) is 0 Å². The second-order valence-corrected chi connectivity index (χ2v) is 6.71. The summed E-state index contributed by atoms with van der Waals surface area (Å²) in [5, 5.41) is 4.79. The van der Waals surface area contributed by atoms with Crippen molar-refractivity contribution in [2.75, 3.05) is 32.5 Å². The number of hydrogen-bond acceptors (Lipinski definition) is 3. The van der Waals surface area contributed by atoms with Crippen molar-refractivity contribution < 1.29 is 0 Å². The molecule has 0 unspecified atom stereocenters. The lowest BCUT2D eigenvalue weighted by atomic mass is 10.0. The van der Waals surface area contributed by atoms with Gasteiger partial charge in [0.2, 0.25) is 0 Å². The van der Waals surface area contributed by atoms with Crippen LogP contribution in [0.3, 0.4) is 0 Å². The molecule has 0 aliphatic carbocycles. The van der Waals surface area contributed by atoms with Crippen molar-refractivity contribution in [3.05, 3.63) is 60.2 Å². The second kappa shape index (κ2) is 8.13. The average Bonchev–Trinajstić information content (AvgIpc) is 2.65. The lowest BCUT2D eigenvalue weighted by Crippen LogP contribution is -2.16. The van der Waals surface area contributed by atoms with Crippen molar-refractivity contribution in [2.24, 2.45) is 0 Å². The van der Waals surface area contributed by atoms with Gasteiger partial charge in [0.25, 0.3) is 0 Å². The molecule has 0 saturated heterocycles. The minimum Gasteiger partial charge on any atom is -0.384 e. The Hall–Kier alpha value is -2.39. The van der Waals surface area contributed by atoms with Crippen LogP contribution in [0.2, 0.25) is 0 Å². The Morgan fingerprint density at radius 1 is 1.00 bits per heavy atom. The van der Waals surface area contributed by atoms with Crippen molar-refractivity contribution in [1.82, 2.24) is 9.88 Å². The van der Waals surface area contributed by atoms with Crippen LogP contribution in [0.5, 0.6) is 0 Å². The van der Waals surface area contributed by atoms with Crippen molar-refractivity contribution in [1.29, 1.82) is 0 Å². The van der Waals surface area contributed by atoms with Crippen LogP contribution in [0.15, 0.2) is 54.6 Å². The molecule has 3 aromatic rings. The Morgan fingerprint density at radius 2 is 1.76 bits per heavy atom. The van der Waals surface area contributed by atoms with Gasteiger partial charge in [-0.2, -0.15) is 0 Å². The largest absolute Gasteiger partial charge is 0.384 e. The van der Waals surface area contributed by atoms with Gasteiger partial charge < -0.3 is 10.2 Å². The maximum atomic E-state index is 4.87. The molecule has 0 aliphatic heterocycles. The topological polar surface area (TPSA) is 28.2 Å². The number of nitrogens with one attached hydrogen (secondary N) is 1. The van der Waals surface area contributed by atoms with Crippen LogP contribution in [-0.2, 0) is 6.42 Å². The minimum atomic E-state index is 0.959. The van der Waals surface area contributed by atoms with E-state index in [9.17, 15) is 0 Å². The predicted octanol–water partition coefficient (Wildman–Crippen LogP) is 4.83. The summed E-state index contributed by atoms with van der Waals surface area (Å²) in [6, 6.07) is 19.3. The summed E-state index contributed by atoms with van der Waals surface area (Å²) in [6.45, 7) is 4.22. The SMILES string of the molecule is CCc1ccc(-c2cc(NCCCN(C)C)c3ccccc3n2)cc1. The van der Waals surface area contributed by atoms with Crippen LogP contribution in [0.1, 0.15) is 18.9 Å². The monoisotopic (exact) mass is 333 g/mol. The van der Waals surface area contributed by atoms with E-state index in [-0.39, 0.29) is 0 Å². The van der Waals surface area contributed by atoms with E-state index < -0.39 is 0 Å². The smallest absolute Gasteiger partial charge is 0.0730 e. The first-order chi connectivity index (χ1) is 12.2. The molecule has 3 rings (SSSR count). The van der Waals surface area contributed by atoms with Crippen LogP contribution in [0, 0.1) is 0 Å². The summed E-state index contributed by atoms with van der Waals surface area (Å²) in [5.74, 6) is 0. The number of anilines is 1. The highest BCUT2D eigenvalue weighted by Crippen LogP contribution is 2.28. The molecule has 2 aromatic carbocycles. The molecule has 1 aromatic heterocycles. The number of aryl methyl sites for hydroxylation is 1. The third-order valence-corrected chi connectivity index (χ3v) is 4.47. The van der Waals surface area contributed by atoms with Gasteiger partial charge in [0.15, 0.2) is 0 Å². The fraction of sp³-hybridized carbons (Fsp3) is 0.318. The molecule has 0 saturated carbocycles. The summed E-state index contributed by atoms with van der Waals surface area (Å²) in [5.41, 5.74) is 5.75. The van der Waals surface area contributed by atoms with Crippen LogP contribution < -0.4 is 5.32 Å².